The third-order valence-corrected chi connectivity index (χ3v) is 3.11. The van der Waals surface area contributed by atoms with Crippen molar-refractivity contribution in [3.63, 3.8) is 0 Å². The van der Waals surface area contributed by atoms with Gasteiger partial charge in [-0.05, 0) is 6.92 Å². The number of hydrogen-bond acceptors (Lipinski definition) is 7. The van der Waals surface area contributed by atoms with Crippen LogP contribution < -0.4 is 0 Å². The minimum Gasteiger partial charge on any atom is -0.461 e. The number of aliphatic hydroxyl groups is 1. The summed E-state index contributed by atoms with van der Waals surface area (Å²) in [5.74, 6) is -0.549. The lowest BCUT2D eigenvalue weighted by atomic mass is 10.3. The molecule has 0 atom stereocenters. The standard InChI is InChI=1S/C10H13N3O4S/c1-3-17-9(15)8-6(4-14)13-10(11-8)18-7(12-13)5-16-2/h14H,3-5H2,1-2H3. The second-order valence-electron chi connectivity index (χ2n) is 3.41. The molecule has 1 N–H and O–H groups in total. The van der Waals surface area contributed by atoms with E-state index in [0.29, 0.717) is 17.3 Å². The van der Waals surface area contributed by atoms with Gasteiger partial charge in [-0.15, -0.1) is 0 Å². The predicted molar refractivity (Wildman–Crippen MR) is 63.5 cm³/mol. The predicted octanol–water partition coefficient (Wildman–Crippen LogP) is 0.606. The van der Waals surface area contributed by atoms with E-state index in [1.165, 1.54) is 15.9 Å². The maximum Gasteiger partial charge on any atom is 0.359 e. The van der Waals surface area contributed by atoms with E-state index in [2.05, 4.69) is 10.1 Å². The Morgan fingerprint density at radius 1 is 1.56 bits per heavy atom. The van der Waals surface area contributed by atoms with E-state index in [0.717, 1.165) is 5.01 Å². The highest BCUT2D eigenvalue weighted by molar-refractivity contribution is 7.16. The van der Waals surface area contributed by atoms with Gasteiger partial charge in [0.05, 0.1) is 19.8 Å². The first-order chi connectivity index (χ1) is 8.71. The van der Waals surface area contributed by atoms with Gasteiger partial charge in [0.2, 0.25) is 4.96 Å². The minimum absolute atomic E-state index is 0.113. The molecule has 0 saturated carbocycles. The third kappa shape index (κ3) is 2.22. The average Bonchev–Trinajstić information content (AvgIpc) is 2.86. The number of hydrogen-bond donors (Lipinski definition) is 1. The summed E-state index contributed by atoms with van der Waals surface area (Å²) in [5, 5.41) is 14.3. The Kier molecular flexibility index (Phi) is 3.90. The molecular formula is C10H13N3O4S. The van der Waals surface area contributed by atoms with Crippen molar-refractivity contribution >= 4 is 22.3 Å². The van der Waals surface area contributed by atoms with Crippen molar-refractivity contribution in [2.75, 3.05) is 13.7 Å². The summed E-state index contributed by atoms with van der Waals surface area (Å²) in [6.45, 7) is 2.01. The Labute approximate surface area is 107 Å². The summed E-state index contributed by atoms with van der Waals surface area (Å²) in [5.41, 5.74) is 0.448. The largest absolute Gasteiger partial charge is 0.461 e. The quantitative estimate of drug-likeness (QED) is 0.802. The molecule has 2 aromatic rings. The number of carbonyl (C=O) groups excluding carboxylic acids is 1. The molecular weight excluding hydrogens is 258 g/mol. The fourth-order valence-electron chi connectivity index (χ4n) is 1.52. The Morgan fingerprint density at radius 3 is 2.94 bits per heavy atom. The van der Waals surface area contributed by atoms with Crippen LogP contribution in [0, 0.1) is 0 Å². The molecule has 0 saturated heterocycles. The molecule has 0 aliphatic heterocycles. The molecule has 0 aliphatic rings. The topological polar surface area (TPSA) is 86.0 Å². The molecule has 2 rings (SSSR count). The SMILES string of the molecule is CCOC(=O)c1nc2sc(COC)nn2c1CO. The summed E-state index contributed by atoms with van der Waals surface area (Å²) < 4.78 is 11.3. The van der Waals surface area contributed by atoms with Crippen LogP contribution in [0.15, 0.2) is 0 Å². The summed E-state index contributed by atoms with van der Waals surface area (Å²) in [4.78, 5) is 16.3. The van der Waals surface area contributed by atoms with Crippen molar-refractivity contribution < 1.29 is 19.4 Å². The van der Waals surface area contributed by atoms with Crippen LogP contribution in [-0.4, -0.2) is 39.4 Å². The first-order valence-electron chi connectivity index (χ1n) is 5.35. The van der Waals surface area contributed by atoms with E-state index in [1.807, 2.05) is 0 Å². The third-order valence-electron chi connectivity index (χ3n) is 2.22. The summed E-state index contributed by atoms with van der Waals surface area (Å²) in [6.07, 6.45) is 0. The number of rotatable bonds is 5. The van der Waals surface area contributed by atoms with Gasteiger partial charge in [-0.1, -0.05) is 11.3 Å². The second kappa shape index (κ2) is 5.42. The van der Waals surface area contributed by atoms with Crippen molar-refractivity contribution in [1.29, 1.82) is 0 Å². The normalized spacial score (nSPS) is 11.1. The highest BCUT2D eigenvalue weighted by Gasteiger charge is 2.22. The number of fused-ring (bicyclic) bond motifs is 1. The molecule has 0 aromatic carbocycles. The first-order valence-corrected chi connectivity index (χ1v) is 6.17. The van der Waals surface area contributed by atoms with Crippen LogP contribution in [0.2, 0.25) is 0 Å². The lowest BCUT2D eigenvalue weighted by molar-refractivity contribution is 0.0516. The van der Waals surface area contributed by atoms with Crippen LogP contribution in [0.3, 0.4) is 0 Å². The van der Waals surface area contributed by atoms with Crippen molar-refractivity contribution in [3.05, 3.63) is 16.4 Å². The molecule has 18 heavy (non-hydrogen) atoms. The van der Waals surface area contributed by atoms with Gasteiger partial charge in [0, 0.05) is 7.11 Å². The molecule has 0 spiro atoms. The highest BCUT2D eigenvalue weighted by Crippen LogP contribution is 2.20. The molecule has 0 aliphatic carbocycles. The average molecular weight is 271 g/mol. The number of ether oxygens (including phenoxy) is 2. The van der Waals surface area contributed by atoms with E-state index in [-0.39, 0.29) is 18.9 Å². The molecule has 8 heteroatoms. The van der Waals surface area contributed by atoms with Crippen molar-refractivity contribution in [1.82, 2.24) is 14.6 Å². The first kappa shape index (κ1) is 12.9. The summed E-state index contributed by atoms with van der Waals surface area (Å²) in [7, 11) is 1.57. The van der Waals surface area contributed by atoms with Crippen LogP contribution >= 0.6 is 11.3 Å². The number of esters is 1. The molecule has 2 aromatic heterocycles. The van der Waals surface area contributed by atoms with Gasteiger partial charge >= 0.3 is 5.97 Å². The van der Waals surface area contributed by atoms with Crippen LogP contribution in [0.25, 0.3) is 4.96 Å². The molecule has 0 unspecified atom stereocenters. The molecule has 2 heterocycles. The summed E-state index contributed by atoms with van der Waals surface area (Å²) in [6, 6.07) is 0. The lowest BCUT2D eigenvalue weighted by Gasteiger charge is -2.00. The molecule has 0 radical (unpaired) electrons. The van der Waals surface area contributed by atoms with Crippen LogP contribution in [0.1, 0.15) is 28.1 Å². The van der Waals surface area contributed by atoms with Crippen LogP contribution in [0.4, 0.5) is 0 Å². The number of imidazole rings is 1. The van der Waals surface area contributed by atoms with Gasteiger partial charge in [-0.25, -0.2) is 14.3 Å². The Hall–Kier alpha value is -1.51. The van der Waals surface area contributed by atoms with Crippen LogP contribution in [-0.2, 0) is 22.7 Å². The van der Waals surface area contributed by atoms with Crippen molar-refractivity contribution in [2.24, 2.45) is 0 Å². The molecule has 0 fully saturated rings. The molecule has 7 nitrogen and oxygen atoms in total. The number of nitrogens with zero attached hydrogens (tertiary/aromatic N) is 3. The maximum atomic E-state index is 11.6. The van der Waals surface area contributed by atoms with E-state index in [1.54, 1.807) is 14.0 Å². The van der Waals surface area contributed by atoms with Crippen LogP contribution in [0.5, 0.6) is 0 Å². The lowest BCUT2D eigenvalue weighted by Crippen LogP contribution is -2.09. The highest BCUT2D eigenvalue weighted by atomic mass is 32.1. The maximum absolute atomic E-state index is 11.6. The fraction of sp³-hybridized carbons (Fsp3) is 0.500. The zero-order valence-corrected chi connectivity index (χ0v) is 10.9. The Morgan fingerprint density at radius 2 is 2.33 bits per heavy atom. The van der Waals surface area contributed by atoms with Gasteiger partial charge in [0.15, 0.2) is 5.69 Å². The van der Waals surface area contributed by atoms with E-state index >= 15 is 0 Å². The second-order valence-corrected chi connectivity index (χ2v) is 4.45. The number of methoxy groups -OCH3 is 1. The monoisotopic (exact) mass is 271 g/mol. The number of aromatic nitrogens is 3. The van der Waals surface area contributed by atoms with Gasteiger partial charge in [-0.2, -0.15) is 5.10 Å². The van der Waals surface area contributed by atoms with Gasteiger partial charge in [-0.3, -0.25) is 0 Å². The number of aliphatic hydroxyl groups excluding tert-OH is 1. The van der Waals surface area contributed by atoms with Crippen molar-refractivity contribution in [3.8, 4) is 0 Å². The molecule has 98 valence electrons. The zero-order valence-electron chi connectivity index (χ0n) is 10.0. The van der Waals surface area contributed by atoms with Gasteiger partial charge in [0.1, 0.15) is 10.7 Å². The van der Waals surface area contributed by atoms with E-state index < -0.39 is 5.97 Å². The Bertz CT molecular complexity index is 563. The zero-order chi connectivity index (χ0) is 13.1. The minimum atomic E-state index is -0.549. The van der Waals surface area contributed by atoms with E-state index in [4.69, 9.17) is 9.47 Å². The molecule has 0 bridgehead atoms. The van der Waals surface area contributed by atoms with Crippen molar-refractivity contribution in [2.45, 2.75) is 20.1 Å². The Balaban J connectivity index is 2.43. The number of carbonyl (C=O) groups is 1. The smallest absolute Gasteiger partial charge is 0.359 e. The molecule has 0 amide bonds. The summed E-state index contributed by atoms with van der Waals surface area (Å²) >= 11 is 1.30. The van der Waals surface area contributed by atoms with Gasteiger partial charge in [0.25, 0.3) is 0 Å². The van der Waals surface area contributed by atoms with Gasteiger partial charge < -0.3 is 14.6 Å². The fourth-order valence-corrected chi connectivity index (χ4v) is 2.40. The van der Waals surface area contributed by atoms with E-state index in [9.17, 15) is 9.90 Å².